The second-order valence-electron chi connectivity index (χ2n) is 7.36. The predicted octanol–water partition coefficient (Wildman–Crippen LogP) is 3.64. The molecule has 0 aliphatic rings. The van der Waals surface area contributed by atoms with Crippen molar-refractivity contribution in [2.45, 2.75) is 40.7 Å². The number of hydrogen-bond acceptors (Lipinski definition) is 7. The molecule has 10 nitrogen and oxygen atoms in total. The van der Waals surface area contributed by atoms with Gasteiger partial charge in [0.05, 0.1) is 23.1 Å². The first-order valence-corrected chi connectivity index (χ1v) is 10.2. The summed E-state index contributed by atoms with van der Waals surface area (Å²) in [6.07, 6.45) is -2.79. The van der Waals surface area contributed by atoms with Gasteiger partial charge in [-0.1, -0.05) is 6.92 Å². The summed E-state index contributed by atoms with van der Waals surface area (Å²) in [7, 11) is 0. The Labute approximate surface area is 184 Å². The van der Waals surface area contributed by atoms with Crippen LogP contribution >= 0.6 is 11.3 Å². The quantitative estimate of drug-likeness (QED) is 0.401. The summed E-state index contributed by atoms with van der Waals surface area (Å²) < 4.78 is 27.6. The molecule has 0 aliphatic heterocycles. The molecule has 0 saturated carbocycles. The highest BCUT2D eigenvalue weighted by Crippen LogP contribution is 2.38. The van der Waals surface area contributed by atoms with Crippen molar-refractivity contribution in [3.63, 3.8) is 0 Å². The molecule has 3 aromatic rings. The van der Waals surface area contributed by atoms with Gasteiger partial charge in [-0.3, -0.25) is 24.4 Å². The topological polar surface area (TPSA) is 146 Å². The molecule has 0 bridgehead atoms. The predicted molar refractivity (Wildman–Crippen MR) is 114 cm³/mol. The summed E-state index contributed by atoms with van der Waals surface area (Å²) in [4.78, 5) is 39.5. The number of amides is 2. The van der Waals surface area contributed by atoms with E-state index in [4.69, 9.17) is 5.73 Å². The van der Waals surface area contributed by atoms with Crippen molar-refractivity contribution in [3.8, 4) is 0 Å². The van der Waals surface area contributed by atoms with Gasteiger partial charge in [-0.25, -0.2) is 13.8 Å². The van der Waals surface area contributed by atoms with Crippen molar-refractivity contribution in [2.24, 2.45) is 11.7 Å². The molecule has 1 atom stereocenters. The highest BCUT2D eigenvalue weighted by molar-refractivity contribution is 7.21. The number of nitrogens with one attached hydrogen (secondary N) is 1. The Balaban J connectivity index is 1.94. The molecule has 0 radical (unpaired) electrons. The van der Waals surface area contributed by atoms with Crippen LogP contribution in [0, 0.1) is 36.8 Å². The molecule has 1 unspecified atom stereocenters. The third kappa shape index (κ3) is 4.15. The third-order valence-electron chi connectivity index (χ3n) is 4.99. The Kier molecular flexibility index (Phi) is 6.21. The van der Waals surface area contributed by atoms with Gasteiger partial charge in [0, 0.05) is 5.39 Å². The minimum absolute atomic E-state index is 0.00989. The van der Waals surface area contributed by atoms with E-state index in [1.54, 1.807) is 13.8 Å². The standard InChI is InChI=1S/C19H20F2N6O4S/c1-7-5-11(16(20)21)23-19-12(7)13(15(32-19)17(22)28)24-18(29)8(2)6-26-10(4)14(27(30)31)9(3)25-26/h5,8,16H,6H2,1-4H3,(H2,22,28)(H,24,29). The van der Waals surface area contributed by atoms with Crippen molar-refractivity contribution in [1.29, 1.82) is 0 Å². The zero-order valence-corrected chi connectivity index (χ0v) is 18.4. The van der Waals surface area contributed by atoms with E-state index < -0.39 is 34.8 Å². The fourth-order valence-electron chi connectivity index (χ4n) is 3.43. The summed E-state index contributed by atoms with van der Waals surface area (Å²) in [5.74, 6) is -2.03. The lowest BCUT2D eigenvalue weighted by molar-refractivity contribution is -0.386. The molecule has 0 aliphatic carbocycles. The number of aryl methyl sites for hydroxylation is 2. The number of fused-ring (bicyclic) bond motifs is 1. The Morgan fingerprint density at radius 1 is 1.34 bits per heavy atom. The highest BCUT2D eigenvalue weighted by atomic mass is 32.1. The van der Waals surface area contributed by atoms with Gasteiger partial charge in [-0.2, -0.15) is 5.10 Å². The van der Waals surface area contributed by atoms with Gasteiger partial charge in [0.15, 0.2) is 0 Å². The van der Waals surface area contributed by atoms with Crippen LogP contribution in [0.15, 0.2) is 6.07 Å². The first kappa shape index (κ1) is 23.2. The van der Waals surface area contributed by atoms with Crippen molar-refractivity contribution < 1.29 is 23.3 Å². The van der Waals surface area contributed by atoms with Gasteiger partial charge < -0.3 is 11.1 Å². The normalized spacial score (nSPS) is 12.3. The summed E-state index contributed by atoms with van der Waals surface area (Å²) >= 11 is 0.820. The molecule has 0 aromatic carbocycles. The van der Waals surface area contributed by atoms with Crippen molar-refractivity contribution in [3.05, 3.63) is 43.7 Å². The molecule has 0 saturated heterocycles. The average molecular weight is 466 g/mol. The summed E-state index contributed by atoms with van der Waals surface area (Å²) in [5.41, 5.74) is 5.94. The zero-order valence-electron chi connectivity index (χ0n) is 17.6. The van der Waals surface area contributed by atoms with Gasteiger partial charge in [-0.15, -0.1) is 11.3 Å². The van der Waals surface area contributed by atoms with Crippen LogP contribution in [0.1, 0.15) is 45.7 Å². The van der Waals surface area contributed by atoms with Crippen LogP contribution < -0.4 is 11.1 Å². The maximum atomic E-state index is 13.1. The Morgan fingerprint density at radius 3 is 2.53 bits per heavy atom. The highest BCUT2D eigenvalue weighted by Gasteiger charge is 2.27. The number of aromatic nitrogens is 3. The van der Waals surface area contributed by atoms with Crippen LogP contribution in [0.25, 0.3) is 10.2 Å². The van der Waals surface area contributed by atoms with Gasteiger partial charge in [0.1, 0.15) is 26.8 Å². The van der Waals surface area contributed by atoms with E-state index in [-0.39, 0.29) is 33.3 Å². The van der Waals surface area contributed by atoms with Gasteiger partial charge in [0.2, 0.25) is 5.91 Å². The largest absolute Gasteiger partial charge is 0.365 e. The van der Waals surface area contributed by atoms with E-state index in [2.05, 4.69) is 15.4 Å². The maximum absolute atomic E-state index is 13.1. The van der Waals surface area contributed by atoms with Crippen molar-refractivity contribution in [2.75, 3.05) is 5.32 Å². The Hall–Kier alpha value is -3.48. The van der Waals surface area contributed by atoms with Crippen LogP contribution in [0.2, 0.25) is 0 Å². The van der Waals surface area contributed by atoms with E-state index >= 15 is 0 Å². The number of nitrogens with zero attached hydrogens (tertiary/aromatic N) is 4. The number of thiophene rings is 1. The molecule has 170 valence electrons. The number of primary amides is 1. The SMILES string of the molecule is Cc1nn(CC(C)C(=O)Nc2c(C(N)=O)sc3nc(C(F)F)cc(C)c23)c(C)c1[N+](=O)[O-]. The Morgan fingerprint density at radius 2 is 2.00 bits per heavy atom. The lowest BCUT2D eigenvalue weighted by atomic mass is 10.1. The fraction of sp³-hybridized carbons (Fsp3) is 0.368. The van der Waals surface area contributed by atoms with E-state index in [0.29, 0.717) is 16.6 Å². The molecular weight excluding hydrogens is 446 g/mol. The third-order valence-corrected chi connectivity index (χ3v) is 6.09. The van der Waals surface area contributed by atoms with Gasteiger partial charge in [0.25, 0.3) is 12.3 Å². The van der Waals surface area contributed by atoms with E-state index in [9.17, 15) is 28.5 Å². The minimum Gasteiger partial charge on any atom is -0.365 e. The van der Waals surface area contributed by atoms with Crippen molar-refractivity contribution >= 4 is 44.7 Å². The van der Waals surface area contributed by atoms with Crippen molar-refractivity contribution in [1.82, 2.24) is 14.8 Å². The molecule has 3 N–H and O–H groups in total. The maximum Gasteiger partial charge on any atom is 0.312 e. The van der Waals surface area contributed by atoms with E-state index in [1.807, 2.05) is 0 Å². The van der Waals surface area contributed by atoms with E-state index in [0.717, 1.165) is 11.3 Å². The molecule has 3 rings (SSSR count). The number of rotatable bonds is 7. The molecular formula is C19H20F2N6O4S. The summed E-state index contributed by atoms with van der Waals surface area (Å²) in [6, 6.07) is 1.19. The lowest BCUT2D eigenvalue weighted by Crippen LogP contribution is -2.26. The number of hydrogen-bond donors (Lipinski definition) is 2. The number of nitrogens with two attached hydrogens (primary N) is 1. The molecule has 13 heteroatoms. The van der Waals surface area contributed by atoms with Crippen LogP contribution in [0.4, 0.5) is 20.2 Å². The number of carbonyl (C=O) groups excluding carboxylic acids is 2. The van der Waals surface area contributed by atoms with Crippen LogP contribution in [-0.4, -0.2) is 31.5 Å². The molecule has 3 heterocycles. The summed E-state index contributed by atoms with van der Waals surface area (Å²) in [6.45, 7) is 6.26. The average Bonchev–Trinajstić information content (AvgIpc) is 3.19. The first-order chi connectivity index (χ1) is 14.9. The minimum atomic E-state index is -2.79. The molecule has 0 fully saturated rings. The fourth-order valence-corrected chi connectivity index (χ4v) is 4.50. The molecule has 2 amide bonds. The number of anilines is 1. The first-order valence-electron chi connectivity index (χ1n) is 9.43. The van der Waals surface area contributed by atoms with Crippen LogP contribution in [0.3, 0.4) is 0 Å². The van der Waals surface area contributed by atoms with E-state index in [1.165, 1.54) is 24.6 Å². The smallest absolute Gasteiger partial charge is 0.312 e. The number of halogens is 2. The molecule has 0 spiro atoms. The number of nitro groups is 1. The number of alkyl halides is 2. The number of carbonyl (C=O) groups is 2. The second-order valence-corrected chi connectivity index (χ2v) is 8.36. The molecule has 3 aromatic heterocycles. The zero-order chi connectivity index (χ0) is 23.9. The monoisotopic (exact) mass is 466 g/mol. The molecule has 32 heavy (non-hydrogen) atoms. The summed E-state index contributed by atoms with van der Waals surface area (Å²) in [5, 5.41) is 18.3. The number of pyridine rings is 1. The Bertz CT molecular complexity index is 1250. The van der Waals surface area contributed by atoms with Gasteiger partial charge >= 0.3 is 5.69 Å². The van der Waals surface area contributed by atoms with Crippen LogP contribution in [-0.2, 0) is 11.3 Å². The second kappa shape index (κ2) is 8.57. The lowest BCUT2D eigenvalue weighted by Gasteiger charge is -2.14. The van der Waals surface area contributed by atoms with Crippen LogP contribution in [0.5, 0.6) is 0 Å². The van der Waals surface area contributed by atoms with Gasteiger partial charge in [-0.05, 0) is 32.4 Å².